The van der Waals surface area contributed by atoms with Gasteiger partial charge in [-0.2, -0.15) is 10.2 Å². The quantitative estimate of drug-likeness (QED) is 0.798. The Bertz CT molecular complexity index is 368. The molecule has 1 aromatic heterocycles. The molecule has 1 heterocycles. The highest BCUT2D eigenvalue weighted by atomic mass is 16.1. The molecule has 1 aliphatic carbocycles. The lowest BCUT2D eigenvalue weighted by atomic mass is 9.96. The van der Waals surface area contributed by atoms with Gasteiger partial charge in [0.1, 0.15) is 0 Å². The van der Waals surface area contributed by atoms with Gasteiger partial charge in [0.25, 0.3) is 5.91 Å². The molecule has 17 heavy (non-hydrogen) atoms. The molecule has 1 aliphatic rings. The molecule has 0 saturated heterocycles. The van der Waals surface area contributed by atoms with E-state index in [1.807, 2.05) is 0 Å². The fourth-order valence-electron chi connectivity index (χ4n) is 2.44. The molecule has 1 aromatic rings. The summed E-state index contributed by atoms with van der Waals surface area (Å²) in [5.74, 6) is 1.01. The van der Waals surface area contributed by atoms with Crippen molar-refractivity contribution in [2.45, 2.75) is 19.3 Å². The molecule has 2 atom stereocenters. The van der Waals surface area contributed by atoms with Crippen LogP contribution in [-0.4, -0.2) is 29.2 Å². The highest BCUT2D eigenvalue weighted by Gasteiger charge is 2.26. The van der Waals surface area contributed by atoms with Crippen molar-refractivity contribution in [3.05, 3.63) is 24.0 Å². The molecule has 0 radical (unpaired) electrons. The van der Waals surface area contributed by atoms with Crippen LogP contribution in [0.15, 0.2) is 18.5 Å². The van der Waals surface area contributed by atoms with Crippen LogP contribution < -0.4 is 11.1 Å². The van der Waals surface area contributed by atoms with Crippen LogP contribution in [0.25, 0.3) is 0 Å². The zero-order valence-electron chi connectivity index (χ0n) is 9.80. The van der Waals surface area contributed by atoms with Crippen LogP contribution in [0.3, 0.4) is 0 Å². The van der Waals surface area contributed by atoms with E-state index in [2.05, 4.69) is 15.5 Å². The zero-order chi connectivity index (χ0) is 12.1. The first-order valence-electron chi connectivity index (χ1n) is 6.06. The van der Waals surface area contributed by atoms with Gasteiger partial charge < -0.3 is 11.1 Å². The predicted molar refractivity (Wildman–Crippen MR) is 64.3 cm³/mol. The molecule has 1 amide bonds. The van der Waals surface area contributed by atoms with Gasteiger partial charge in [0.15, 0.2) is 0 Å². The molecule has 2 rings (SSSR count). The van der Waals surface area contributed by atoms with Crippen molar-refractivity contribution in [1.82, 2.24) is 15.5 Å². The lowest BCUT2D eigenvalue weighted by molar-refractivity contribution is 0.0943. The number of nitrogens with two attached hydrogens (primary N) is 1. The summed E-state index contributed by atoms with van der Waals surface area (Å²) in [6.45, 7) is 1.43. The van der Waals surface area contributed by atoms with Crippen molar-refractivity contribution >= 4 is 5.91 Å². The van der Waals surface area contributed by atoms with Crippen molar-refractivity contribution in [2.75, 3.05) is 13.1 Å². The second-order valence-corrected chi connectivity index (χ2v) is 4.53. The van der Waals surface area contributed by atoms with Gasteiger partial charge >= 0.3 is 0 Å². The predicted octanol–water partition coefficient (Wildman–Crippen LogP) is 0.581. The molecule has 92 valence electrons. The van der Waals surface area contributed by atoms with E-state index >= 15 is 0 Å². The molecule has 5 nitrogen and oxygen atoms in total. The van der Waals surface area contributed by atoms with E-state index in [9.17, 15) is 4.79 Å². The highest BCUT2D eigenvalue weighted by Crippen LogP contribution is 2.30. The number of hydrogen-bond acceptors (Lipinski definition) is 4. The van der Waals surface area contributed by atoms with E-state index in [1.54, 1.807) is 6.07 Å². The minimum absolute atomic E-state index is 0.0810. The smallest absolute Gasteiger partial charge is 0.252 e. The van der Waals surface area contributed by atoms with E-state index in [4.69, 9.17) is 5.73 Å². The number of nitrogens with one attached hydrogen (secondary N) is 1. The molecule has 0 bridgehead atoms. The van der Waals surface area contributed by atoms with Crippen molar-refractivity contribution in [2.24, 2.45) is 17.6 Å². The Kier molecular flexibility index (Phi) is 4.03. The Labute approximate surface area is 101 Å². The topological polar surface area (TPSA) is 80.9 Å². The first-order chi connectivity index (χ1) is 8.31. The van der Waals surface area contributed by atoms with Crippen LogP contribution in [0.5, 0.6) is 0 Å². The van der Waals surface area contributed by atoms with Crippen LogP contribution in [0.4, 0.5) is 0 Å². The molecule has 1 saturated carbocycles. The summed E-state index contributed by atoms with van der Waals surface area (Å²) in [6, 6.07) is 1.66. The Morgan fingerprint density at radius 2 is 2.24 bits per heavy atom. The van der Waals surface area contributed by atoms with Crippen LogP contribution in [0, 0.1) is 11.8 Å². The summed E-state index contributed by atoms with van der Waals surface area (Å²) in [4.78, 5) is 11.8. The number of aromatic nitrogens is 2. The Hall–Kier alpha value is -1.49. The number of carbonyl (C=O) groups excluding carboxylic acids is 1. The van der Waals surface area contributed by atoms with Gasteiger partial charge in [-0.3, -0.25) is 4.79 Å². The number of rotatable bonds is 4. The Balaban J connectivity index is 1.84. The van der Waals surface area contributed by atoms with Crippen molar-refractivity contribution < 1.29 is 4.79 Å². The number of hydrogen-bond donors (Lipinski definition) is 2. The minimum Gasteiger partial charge on any atom is -0.352 e. The van der Waals surface area contributed by atoms with E-state index in [0.29, 0.717) is 23.9 Å². The molecule has 1 fully saturated rings. The van der Waals surface area contributed by atoms with Gasteiger partial charge in [-0.25, -0.2) is 0 Å². The second-order valence-electron chi connectivity index (χ2n) is 4.53. The monoisotopic (exact) mass is 234 g/mol. The summed E-state index contributed by atoms with van der Waals surface area (Å²) in [6.07, 6.45) is 6.57. The molecule has 5 heteroatoms. The summed E-state index contributed by atoms with van der Waals surface area (Å²) in [7, 11) is 0. The van der Waals surface area contributed by atoms with Crippen molar-refractivity contribution in [3.63, 3.8) is 0 Å². The van der Waals surface area contributed by atoms with Gasteiger partial charge in [-0.15, -0.1) is 0 Å². The summed E-state index contributed by atoms with van der Waals surface area (Å²) < 4.78 is 0. The lowest BCUT2D eigenvalue weighted by Gasteiger charge is -2.18. The van der Waals surface area contributed by atoms with Crippen molar-refractivity contribution in [1.29, 1.82) is 0 Å². The first kappa shape index (κ1) is 12.0. The summed E-state index contributed by atoms with van der Waals surface area (Å²) in [5.41, 5.74) is 6.27. The molecule has 2 unspecified atom stereocenters. The van der Waals surface area contributed by atoms with Crippen LogP contribution in [0.2, 0.25) is 0 Å². The normalized spacial score (nSPS) is 23.6. The van der Waals surface area contributed by atoms with E-state index < -0.39 is 0 Å². The SMILES string of the molecule is NCC1CCCC1CNC(=O)c1ccnnc1. The second kappa shape index (κ2) is 5.72. The van der Waals surface area contributed by atoms with E-state index in [-0.39, 0.29) is 5.91 Å². The minimum atomic E-state index is -0.0810. The fourth-order valence-corrected chi connectivity index (χ4v) is 2.44. The average Bonchev–Trinajstić information content (AvgIpc) is 2.84. The van der Waals surface area contributed by atoms with Gasteiger partial charge in [-0.05, 0) is 37.3 Å². The van der Waals surface area contributed by atoms with E-state index in [0.717, 1.165) is 13.0 Å². The molecular formula is C12H18N4O. The first-order valence-corrected chi connectivity index (χ1v) is 6.06. The number of nitrogens with zero attached hydrogens (tertiary/aromatic N) is 2. The van der Waals surface area contributed by atoms with Crippen molar-refractivity contribution in [3.8, 4) is 0 Å². The third-order valence-electron chi connectivity index (χ3n) is 3.49. The highest BCUT2D eigenvalue weighted by molar-refractivity contribution is 5.93. The number of carbonyl (C=O) groups is 1. The lowest BCUT2D eigenvalue weighted by Crippen LogP contribution is -2.32. The largest absolute Gasteiger partial charge is 0.352 e. The van der Waals surface area contributed by atoms with Crippen LogP contribution in [0.1, 0.15) is 29.6 Å². The maximum absolute atomic E-state index is 11.8. The summed E-state index contributed by atoms with van der Waals surface area (Å²) in [5, 5.41) is 10.3. The maximum Gasteiger partial charge on any atom is 0.252 e. The zero-order valence-corrected chi connectivity index (χ0v) is 9.80. The Morgan fingerprint density at radius 3 is 2.94 bits per heavy atom. The fraction of sp³-hybridized carbons (Fsp3) is 0.583. The summed E-state index contributed by atoms with van der Waals surface area (Å²) >= 11 is 0. The Morgan fingerprint density at radius 1 is 1.41 bits per heavy atom. The standard InChI is InChI=1S/C12H18N4O/c13-6-9-2-1-3-10(9)7-14-12(17)11-4-5-15-16-8-11/h4-5,8-10H,1-3,6-7,13H2,(H,14,17). The molecule has 0 spiro atoms. The average molecular weight is 234 g/mol. The van der Waals surface area contributed by atoms with Gasteiger partial charge in [-0.1, -0.05) is 6.42 Å². The molecule has 0 aliphatic heterocycles. The van der Waals surface area contributed by atoms with Gasteiger partial charge in [0.2, 0.25) is 0 Å². The van der Waals surface area contributed by atoms with E-state index in [1.165, 1.54) is 25.2 Å². The van der Waals surface area contributed by atoms with Gasteiger partial charge in [0.05, 0.1) is 18.0 Å². The van der Waals surface area contributed by atoms with Crippen LogP contribution >= 0.6 is 0 Å². The third-order valence-corrected chi connectivity index (χ3v) is 3.49. The maximum atomic E-state index is 11.8. The third kappa shape index (κ3) is 3.00. The van der Waals surface area contributed by atoms with Gasteiger partial charge in [0, 0.05) is 6.54 Å². The van der Waals surface area contributed by atoms with Crippen LogP contribution in [-0.2, 0) is 0 Å². The number of amides is 1. The molecular weight excluding hydrogens is 216 g/mol. The molecule has 0 aromatic carbocycles. The molecule has 3 N–H and O–H groups in total.